The van der Waals surface area contributed by atoms with Crippen molar-refractivity contribution in [3.8, 4) is 5.75 Å². The Morgan fingerprint density at radius 2 is 1.64 bits per heavy atom. The van der Waals surface area contributed by atoms with E-state index in [0.29, 0.717) is 5.92 Å². The average molecular weight is 340 g/mol. The van der Waals surface area contributed by atoms with Gasteiger partial charge in [-0.3, -0.25) is 4.98 Å². The molecule has 2 aromatic rings. The van der Waals surface area contributed by atoms with E-state index < -0.39 is 0 Å². The number of nitrogens with zero attached hydrogens (tertiary/aromatic N) is 1. The average Bonchev–Trinajstić information content (AvgIpc) is 2.66. The van der Waals surface area contributed by atoms with Crippen LogP contribution < -0.4 is 4.74 Å². The summed E-state index contributed by atoms with van der Waals surface area (Å²) in [5.74, 6) is 1.26. The highest BCUT2D eigenvalue weighted by Gasteiger charge is 2.10. The van der Waals surface area contributed by atoms with Gasteiger partial charge in [-0.25, -0.2) is 0 Å². The first-order valence-corrected chi connectivity index (χ1v) is 9.92. The second-order valence-corrected chi connectivity index (χ2v) is 6.89. The lowest BCUT2D eigenvalue weighted by molar-refractivity contribution is 0.309. The summed E-state index contributed by atoms with van der Waals surface area (Å²) in [6.45, 7) is 7.45. The van der Waals surface area contributed by atoms with Gasteiger partial charge in [-0.1, -0.05) is 64.7 Å². The molecule has 2 rings (SSSR count). The van der Waals surface area contributed by atoms with Crippen LogP contribution in [0.2, 0.25) is 0 Å². The van der Waals surface area contributed by atoms with Gasteiger partial charge in [0.25, 0.3) is 0 Å². The van der Waals surface area contributed by atoms with Crippen molar-refractivity contribution in [3.63, 3.8) is 0 Å². The van der Waals surface area contributed by atoms with Crippen LogP contribution >= 0.6 is 0 Å². The van der Waals surface area contributed by atoms with E-state index in [4.69, 9.17) is 9.72 Å². The Kier molecular flexibility index (Phi) is 8.51. The third-order valence-corrected chi connectivity index (χ3v) is 4.76. The first kappa shape index (κ1) is 19.5. The van der Waals surface area contributed by atoms with Gasteiger partial charge in [0.05, 0.1) is 6.61 Å². The lowest BCUT2D eigenvalue weighted by atomic mass is 9.96. The van der Waals surface area contributed by atoms with Gasteiger partial charge in [-0.2, -0.15) is 0 Å². The Hall–Kier alpha value is -1.83. The molecule has 0 spiro atoms. The van der Waals surface area contributed by atoms with E-state index in [9.17, 15) is 0 Å². The fourth-order valence-electron chi connectivity index (χ4n) is 2.95. The maximum atomic E-state index is 5.74. The van der Waals surface area contributed by atoms with Gasteiger partial charge in [-0.05, 0) is 48.6 Å². The van der Waals surface area contributed by atoms with Crippen molar-refractivity contribution in [1.29, 1.82) is 0 Å². The zero-order chi connectivity index (χ0) is 17.9. The summed E-state index contributed by atoms with van der Waals surface area (Å²) in [4.78, 5) is 4.71. The monoisotopic (exact) mass is 339 g/mol. The maximum Gasteiger partial charge on any atom is 0.119 e. The van der Waals surface area contributed by atoms with E-state index >= 15 is 0 Å². The zero-order valence-electron chi connectivity index (χ0n) is 16.1. The zero-order valence-corrected chi connectivity index (χ0v) is 16.1. The highest BCUT2D eigenvalue weighted by atomic mass is 16.5. The molecule has 136 valence electrons. The summed E-state index contributed by atoms with van der Waals surface area (Å²) in [6.07, 6.45) is 10.7. The minimum atomic E-state index is 0.304. The number of ether oxygens (including phenoxy) is 1. The largest absolute Gasteiger partial charge is 0.494 e. The van der Waals surface area contributed by atoms with Crippen LogP contribution in [0.4, 0.5) is 0 Å². The van der Waals surface area contributed by atoms with E-state index in [1.165, 1.54) is 36.8 Å². The molecule has 1 aromatic heterocycles. The van der Waals surface area contributed by atoms with Gasteiger partial charge in [0, 0.05) is 17.8 Å². The van der Waals surface area contributed by atoms with E-state index in [-0.39, 0.29) is 0 Å². The quantitative estimate of drug-likeness (QED) is 0.434. The van der Waals surface area contributed by atoms with Crippen LogP contribution in [0, 0.1) is 0 Å². The third kappa shape index (κ3) is 6.53. The Labute approximate surface area is 153 Å². The number of benzene rings is 1. The van der Waals surface area contributed by atoms with Crippen molar-refractivity contribution in [1.82, 2.24) is 4.98 Å². The maximum absolute atomic E-state index is 5.74. The summed E-state index contributed by atoms with van der Waals surface area (Å²) in [5, 5.41) is 0. The van der Waals surface area contributed by atoms with Crippen LogP contribution in [0.15, 0.2) is 42.6 Å². The van der Waals surface area contributed by atoms with Crippen molar-refractivity contribution in [2.75, 3.05) is 6.61 Å². The van der Waals surface area contributed by atoms with E-state index in [2.05, 4.69) is 63.4 Å². The first-order chi connectivity index (χ1) is 12.2. The van der Waals surface area contributed by atoms with Crippen molar-refractivity contribution in [3.05, 3.63) is 59.4 Å². The second kappa shape index (κ2) is 10.9. The van der Waals surface area contributed by atoms with Crippen LogP contribution in [0.5, 0.6) is 5.75 Å². The van der Waals surface area contributed by atoms with Crippen molar-refractivity contribution >= 4 is 0 Å². The SMILES string of the molecule is CCCCCCc1ccc(C(C)c2ccc(OCCCC)cc2)nc1. The van der Waals surface area contributed by atoms with Crippen LogP contribution in [0.25, 0.3) is 0 Å². The molecule has 1 atom stereocenters. The molecule has 2 heteroatoms. The van der Waals surface area contributed by atoms with Crippen LogP contribution in [0.1, 0.15) is 82.0 Å². The van der Waals surface area contributed by atoms with Crippen LogP contribution in [-0.4, -0.2) is 11.6 Å². The smallest absolute Gasteiger partial charge is 0.119 e. The van der Waals surface area contributed by atoms with Gasteiger partial charge in [0.2, 0.25) is 0 Å². The highest BCUT2D eigenvalue weighted by molar-refractivity contribution is 5.33. The summed E-state index contributed by atoms with van der Waals surface area (Å²) in [6, 6.07) is 12.9. The molecule has 0 saturated heterocycles. The first-order valence-electron chi connectivity index (χ1n) is 9.92. The molecule has 0 bridgehead atoms. The predicted molar refractivity (Wildman–Crippen MR) is 106 cm³/mol. The molecule has 0 aliphatic rings. The van der Waals surface area contributed by atoms with Gasteiger partial charge in [0.1, 0.15) is 5.75 Å². The Balaban J connectivity index is 1.89. The second-order valence-electron chi connectivity index (χ2n) is 6.89. The highest BCUT2D eigenvalue weighted by Crippen LogP contribution is 2.25. The van der Waals surface area contributed by atoms with Gasteiger partial charge < -0.3 is 4.74 Å². The van der Waals surface area contributed by atoms with Crippen molar-refractivity contribution in [2.45, 2.75) is 71.6 Å². The molecular formula is C23H33NO. The lowest BCUT2D eigenvalue weighted by Crippen LogP contribution is -2.01. The summed E-state index contributed by atoms with van der Waals surface area (Å²) in [7, 11) is 0. The summed E-state index contributed by atoms with van der Waals surface area (Å²) < 4.78 is 5.74. The number of hydrogen-bond donors (Lipinski definition) is 0. The fourth-order valence-corrected chi connectivity index (χ4v) is 2.95. The number of aryl methyl sites for hydroxylation is 1. The molecule has 0 aliphatic carbocycles. The van der Waals surface area contributed by atoms with Crippen molar-refractivity contribution in [2.24, 2.45) is 0 Å². The van der Waals surface area contributed by atoms with Gasteiger partial charge >= 0.3 is 0 Å². The number of aromatic nitrogens is 1. The normalized spacial score (nSPS) is 12.1. The molecule has 1 aromatic carbocycles. The Bertz CT molecular complexity index is 588. The van der Waals surface area contributed by atoms with Crippen molar-refractivity contribution < 1.29 is 4.74 Å². The Morgan fingerprint density at radius 1 is 0.880 bits per heavy atom. The molecular weight excluding hydrogens is 306 g/mol. The lowest BCUT2D eigenvalue weighted by Gasteiger charge is -2.13. The molecule has 1 heterocycles. The number of hydrogen-bond acceptors (Lipinski definition) is 2. The topological polar surface area (TPSA) is 22.1 Å². The molecule has 0 fully saturated rings. The molecule has 0 aliphatic heterocycles. The molecule has 2 nitrogen and oxygen atoms in total. The Morgan fingerprint density at radius 3 is 2.28 bits per heavy atom. The molecule has 0 saturated carbocycles. The molecule has 1 unspecified atom stereocenters. The van der Waals surface area contributed by atoms with Gasteiger partial charge in [-0.15, -0.1) is 0 Å². The molecule has 0 N–H and O–H groups in total. The van der Waals surface area contributed by atoms with Crippen LogP contribution in [0.3, 0.4) is 0 Å². The standard InChI is InChI=1S/C23H33NO/c1-4-6-8-9-10-20-11-16-23(24-18-20)19(3)21-12-14-22(15-13-21)25-17-7-5-2/h11-16,18-19H,4-10,17H2,1-3H3. The fraction of sp³-hybridized carbons (Fsp3) is 0.522. The number of pyridine rings is 1. The third-order valence-electron chi connectivity index (χ3n) is 4.76. The van der Waals surface area contributed by atoms with E-state index in [0.717, 1.165) is 37.3 Å². The minimum absolute atomic E-state index is 0.304. The predicted octanol–water partition coefficient (Wildman–Crippen LogP) is 6.54. The van der Waals surface area contributed by atoms with Gasteiger partial charge in [0.15, 0.2) is 0 Å². The number of unbranched alkanes of at least 4 members (excludes halogenated alkanes) is 4. The molecule has 25 heavy (non-hydrogen) atoms. The molecule has 0 amide bonds. The number of rotatable bonds is 11. The molecule has 0 radical (unpaired) electrons. The van der Waals surface area contributed by atoms with E-state index in [1.54, 1.807) is 0 Å². The summed E-state index contributed by atoms with van der Waals surface area (Å²) in [5.41, 5.74) is 3.77. The van der Waals surface area contributed by atoms with E-state index in [1.807, 2.05) is 0 Å². The van der Waals surface area contributed by atoms with Crippen LogP contribution in [-0.2, 0) is 6.42 Å². The summed E-state index contributed by atoms with van der Waals surface area (Å²) >= 11 is 0. The minimum Gasteiger partial charge on any atom is -0.494 e.